The average molecular weight is 507 g/mol. The Kier molecular flexibility index (Phi) is 7.18. The number of rotatable bonds is 6. The Balaban J connectivity index is 1.45. The second kappa shape index (κ2) is 10.9. The Morgan fingerprint density at radius 3 is 2.71 bits per heavy atom. The second-order valence-electron chi connectivity index (χ2n) is 9.41. The van der Waals surface area contributed by atoms with E-state index in [2.05, 4.69) is 34.0 Å². The van der Waals surface area contributed by atoms with Gasteiger partial charge in [-0.3, -0.25) is 19.0 Å². The highest BCUT2D eigenvalue weighted by molar-refractivity contribution is 6.04. The Morgan fingerprint density at radius 1 is 1.13 bits per heavy atom. The smallest absolute Gasteiger partial charge is 0.299 e. The van der Waals surface area contributed by atoms with Crippen LogP contribution in [0, 0.1) is 18.8 Å². The molecule has 0 radical (unpaired) electrons. The summed E-state index contributed by atoms with van der Waals surface area (Å²) in [5.41, 5.74) is 5.04. The van der Waals surface area contributed by atoms with Crippen molar-refractivity contribution in [1.29, 1.82) is 0 Å². The van der Waals surface area contributed by atoms with E-state index in [-0.39, 0.29) is 17.9 Å². The number of aryl methyl sites for hydroxylation is 2. The number of nitrogens with zero attached hydrogens (tertiary/aromatic N) is 5. The normalized spacial score (nSPS) is 14.8. The lowest BCUT2D eigenvalue weighted by Crippen LogP contribution is -2.30. The van der Waals surface area contributed by atoms with Gasteiger partial charge in [0.05, 0.1) is 22.9 Å². The van der Waals surface area contributed by atoms with E-state index in [1.165, 1.54) is 0 Å². The van der Waals surface area contributed by atoms with Gasteiger partial charge < -0.3 is 10.2 Å². The molecule has 8 nitrogen and oxygen atoms in total. The zero-order valence-corrected chi connectivity index (χ0v) is 21.9. The fraction of sp³-hybridized carbons (Fsp3) is 0.300. The Hall–Kier alpha value is -4.51. The molecule has 4 aromatic rings. The van der Waals surface area contributed by atoms with Crippen LogP contribution in [0.3, 0.4) is 0 Å². The quantitative estimate of drug-likeness (QED) is 0.372. The van der Waals surface area contributed by atoms with E-state index >= 15 is 0 Å². The SMILES string of the molecule is CC#CC(=O)N1CCCC1c1nc(-c2ccc(C(=O)Nc3cc(CCC)ccn3)cc2)c2c(C)nccn12. The molecule has 1 aliphatic rings. The monoisotopic (exact) mass is 506 g/mol. The minimum Gasteiger partial charge on any atom is -0.322 e. The van der Waals surface area contributed by atoms with Crippen molar-refractivity contribution in [3.63, 3.8) is 0 Å². The molecule has 5 rings (SSSR count). The van der Waals surface area contributed by atoms with Gasteiger partial charge in [-0.05, 0) is 68.9 Å². The van der Waals surface area contributed by atoms with E-state index in [1.807, 2.05) is 46.7 Å². The molecule has 0 bridgehead atoms. The first-order valence-electron chi connectivity index (χ1n) is 12.9. The van der Waals surface area contributed by atoms with Crippen molar-refractivity contribution in [3.05, 3.63) is 77.6 Å². The molecule has 0 aliphatic carbocycles. The molecule has 1 atom stereocenters. The van der Waals surface area contributed by atoms with Crippen LogP contribution in [0.5, 0.6) is 0 Å². The Morgan fingerprint density at radius 2 is 1.95 bits per heavy atom. The number of imidazole rings is 1. The third-order valence-electron chi connectivity index (χ3n) is 6.83. The maximum atomic E-state index is 12.9. The molecule has 1 N–H and O–H groups in total. The molecule has 38 heavy (non-hydrogen) atoms. The summed E-state index contributed by atoms with van der Waals surface area (Å²) in [6.07, 6.45) is 9.05. The summed E-state index contributed by atoms with van der Waals surface area (Å²) in [5, 5.41) is 2.89. The van der Waals surface area contributed by atoms with Crippen LogP contribution in [0.2, 0.25) is 0 Å². The predicted octanol–water partition coefficient (Wildman–Crippen LogP) is 4.99. The number of carbonyl (C=O) groups is 2. The summed E-state index contributed by atoms with van der Waals surface area (Å²) in [4.78, 5) is 41.2. The molecule has 2 amide bonds. The van der Waals surface area contributed by atoms with E-state index in [4.69, 9.17) is 4.98 Å². The van der Waals surface area contributed by atoms with Gasteiger partial charge in [0.15, 0.2) is 0 Å². The molecule has 8 heteroatoms. The van der Waals surface area contributed by atoms with Gasteiger partial charge in [-0.1, -0.05) is 31.4 Å². The fourth-order valence-electron chi connectivity index (χ4n) is 5.07. The summed E-state index contributed by atoms with van der Waals surface area (Å²) in [5.74, 6) is 6.33. The molecule has 1 aromatic carbocycles. The molecule has 1 saturated heterocycles. The lowest BCUT2D eigenvalue weighted by atomic mass is 10.1. The maximum Gasteiger partial charge on any atom is 0.299 e. The van der Waals surface area contributed by atoms with Gasteiger partial charge in [0, 0.05) is 36.3 Å². The summed E-state index contributed by atoms with van der Waals surface area (Å²) in [7, 11) is 0. The minimum absolute atomic E-state index is 0.160. The first-order chi connectivity index (χ1) is 18.5. The number of benzene rings is 1. The third-order valence-corrected chi connectivity index (χ3v) is 6.83. The minimum atomic E-state index is -0.219. The van der Waals surface area contributed by atoms with Crippen LogP contribution < -0.4 is 5.32 Å². The van der Waals surface area contributed by atoms with Crippen molar-refractivity contribution in [2.24, 2.45) is 0 Å². The van der Waals surface area contributed by atoms with Crippen LogP contribution >= 0.6 is 0 Å². The second-order valence-corrected chi connectivity index (χ2v) is 9.41. The number of pyridine rings is 1. The highest BCUT2D eigenvalue weighted by atomic mass is 16.2. The van der Waals surface area contributed by atoms with Crippen molar-refractivity contribution in [2.45, 2.75) is 52.5 Å². The molecule has 1 fully saturated rings. The number of likely N-dealkylation sites (tertiary alicyclic amines) is 1. The highest BCUT2D eigenvalue weighted by Gasteiger charge is 2.33. The number of hydrogen-bond acceptors (Lipinski definition) is 5. The molecule has 192 valence electrons. The topological polar surface area (TPSA) is 92.5 Å². The van der Waals surface area contributed by atoms with Crippen molar-refractivity contribution < 1.29 is 9.59 Å². The van der Waals surface area contributed by atoms with Gasteiger partial charge in [-0.15, -0.1) is 0 Å². The van der Waals surface area contributed by atoms with Gasteiger partial charge in [0.2, 0.25) is 0 Å². The number of anilines is 1. The zero-order chi connectivity index (χ0) is 26.6. The summed E-state index contributed by atoms with van der Waals surface area (Å²) in [6, 6.07) is 11.1. The lowest BCUT2D eigenvalue weighted by Gasteiger charge is -2.21. The van der Waals surface area contributed by atoms with Gasteiger partial charge >= 0.3 is 0 Å². The molecule has 1 aliphatic heterocycles. The number of aromatic nitrogens is 4. The average Bonchev–Trinajstić information content (AvgIpc) is 3.55. The predicted molar refractivity (Wildman–Crippen MR) is 146 cm³/mol. The van der Waals surface area contributed by atoms with Crippen LogP contribution in [-0.2, 0) is 11.2 Å². The molecule has 0 spiro atoms. The van der Waals surface area contributed by atoms with Crippen LogP contribution in [-0.4, -0.2) is 42.6 Å². The molecule has 1 unspecified atom stereocenters. The highest BCUT2D eigenvalue weighted by Crippen LogP contribution is 2.35. The zero-order valence-electron chi connectivity index (χ0n) is 21.9. The number of fused-ring (bicyclic) bond motifs is 1. The standard InChI is InChI=1S/C30H30N6O2/c1-4-7-21-14-15-32-25(19-21)33-30(38)23-12-10-22(11-13-23)27-28-20(3)31-16-18-36(28)29(34-27)24-9-6-17-35(24)26(37)8-5-2/h10-16,18-19,24H,4,6-7,9,17H2,1-3H3,(H,32,33,38). The van der Waals surface area contributed by atoms with E-state index < -0.39 is 0 Å². The van der Waals surface area contributed by atoms with Crippen molar-refractivity contribution in [3.8, 4) is 23.1 Å². The number of carbonyl (C=O) groups excluding carboxylic acids is 2. The molecule has 3 aromatic heterocycles. The van der Waals surface area contributed by atoms with E-state index in [0.717, 1.165) is 59.5 Å². The summed E-state index contributed by atoms with van der Waals surface area (Å²) in [6.45, 7) is 6.40. The largest absolute Gasteiger partial charge is 0.322 e. The van der Waals surface area contributed by atoms with E-state index in [9.17, 15) is 9.59 Å². The first-order valence-corrected chi connectivity index (χ1v) is 12.9. The third kappa shape index (κ3) is 4.88. The van der Waals surface area contributed by atoms with E-state index in [0.29, 0.717) is 17.9 Å². The molecular weight excluding hydrogens is 476 g/mol. The van der Waals surface area contributed by atoms with E-state index in [1.54, 1.807) is 31.5 Å². The van der Waals surface area contributed by atoms with Crippen LogP contribution in [0.4, 0.5) is 5.82 Å². The Bertz CT molecular complexity index is 1560. The summed E-state index contributed by atoms with van der Waals surface area (Å²) >= 11 is 0. The first kappa shape index (κ1) is 25.2. The van der Waals surface area contributed by atoms with Crippen LogP contribution in [0.25, 0.3) is 16.8 Å². The van der Waals surface area contributed by atoms with Gasteiger partial charge in [-0.25, -0.2) is 9.97 Å². The number of amides is 2. The maximum absolute atomic E-state index is 12.9. The number of hydrogen-bond donors (Lipinski definition) is 1. The van der Waals surface area contributed by atoms with Gasteiger partial charge in [-0.2, -0.15) is 0 Å². The fourth-order valence-corrected chi connectivity index (χ4v) is 5.07. The molecule has 4 heterocycles. The van der Waals surface area contributed by atoms with Gasteiger partial charge in [0.1, 0.15) is 11.6 Å². The van der Waals surface area contributed by atoms with Crippen LogP contribution in [0.1, 0.15) is 66.6 Å². The van der Waals surface area contributed by atoms with Crippen LogP contribution in [0.15, 0.2) is 55.0 Å². The Labute approximate surface area is 222 Å². The van der Waals surface area contributed by atoms with Crippen molar-refractivity contribution in [2.75, 3.05) is 11.9 Å². The van der Waals surface area contributed by atoms with Crippen molar-refractivity contribution >= 4 is 23.1 Å². The molecule has 0 saturated carbocycles. The molecular formula is C30H30N6O2. The van der Waals surface area contributed by atoms with Crippen molar-refractivity contribution in [1.82, 2.24) is 24.3 Å². The number of nitrogens with one attached hydrogen (secondary N) is 1. The lowest BCUT2D eigenvalue weighted by molar-refractivity contribution is -0.126. The summed E-state index contributed by atoms with van der Waals surface area (Å²) < 4.78 is 2.03. The van der Waals surface area contributed by atoms with Gasteiger partial charge in [0.25, 0.3) is 11.8 Å².